The number of fused-ring (bicyclic) bond motifs is 1. The number of nitrogens with zero attached hydrogens (tertiary/aromatic N) is 3. The molecule has 0 amide bonds. The highest BCUT2D eigenvalue weighted by Crippen LogP contribution is 2.29. The molecule has 0 fully saturated rings. The third kappa shape index (κ3) is 2.00. The predicted octanol–water partition coefficient (Wildman–Crippen LogP) is 3.76. The van der Waals surface area contributed by atoms with Crippen molar-refractivity contribution in [1.82, 2.24) is 14.6 Å². The van der Waals surface area contributed by atoms with Gasteiger partial charge in [-0.2, -0.15) is 4.52 Å². The first-order valence-electron chi connectivity index (χ1n) is 6.51. The van der Waals surface area contributed by atoms with E-state index in [1.165, 1.54) is 4.88 Å². The van der Waals surface area contributed by atoms with Crippen molar-refractivity contribution in [3.8, 4) is 22.0 Å². The van der Waals surface area contributed by atoms with Crippen LogP contribution in [0, 0.1) is 0 Å². The topological polar surface area (TPSA) is 55.4 Å². The monoisotopic (exact) mass is 296 g/mol. The van der Waals surface area contributed by atoms with Crippen molar-refractivity contribution in [2.24, 2.45) is 0 Å². The molecular formula is C15H12N4OS. The summed E-state index contributed by atoms with van der Waals surface area (Å²) >= 11 is 1.70. The average molecular weight is 296 g/mol. The van der Waals surface area contributed by atoms with Crippen LogP contribution >= 0.6 is 11.3 Å². The van der Waals surface area contributed by atoms with Crippen molar-refractivity contribution in [3.05, 3.63) is 48.0 Å². The molecule has 0 saturated carbocycles. The van der Waals surface area contributed by atoms with Gasteiger partial charge >= 0.3 is 0 Å². The van der Waals surface area contributed by atoms with Gasteiger partial charge in [0.15, 0.2) is 11.4 Å². The van der Waals surface area contributed by atoms with Gasteiger partial charge in [-0.05, 0) is 41.3 Å². The molecule has 0 saturated heterocycles. The molecule has 0 unspecified atom stereocenters. The van der Waals surface area contributed by atoms with Crippen LogP contribution < -0.4 is 5.32 Å². The first-order valence-corrected chi connectivity index (χ1v) is 7.39. The van der Waals surface area contributed by atoms with Crippen LogP contribution in [0.25, 0.3) is 27.7 Å². The van der Waals surface area contributed by atoms with E-state index in [-0.39, 0.29) is 0 Å². The van der Waals surface area contributed by atoms with Crippen molar-refractivity contribution in [1.29, 1.82) is 0 Å². The highest BCUT2D eigenvalue weighted by molar-refractivity contribution is 7.13. The van der Waals surface area contributed by atoms with E-state index in [1.807, 2.05) is 31.3 Å². The number of anilines is 1. The highest BCUT2D eigenvalue weighted by Gasteiger charge is 2.13. The summed E-state index contributed by atoms with van der Waals surface area (Å²) in [6, 6.07) is 11.9. The number of nitrogens with one attached hydrogen (secondary N) is 1. The zero-order valence-electron chi connectivity index (χ0n) is 11.3. The Hall–Kier alpha value is -2.60. The standard InChI is InChI=1S/C15H12N4OS/c1-16-13-8-10(12-5-3-7-21-12)9-14-17-15(18-19(13)14)11-4-2-6-20-11/h2-9,16H,1H3. The largest absolute Gasteiger partial charge is 0.461 e. The summed E-state index contributed by atoms with van der Waals surface area (Å²) in [5.41, 5.74) is 1.91. The Balaban J connectivity index is 1.93. The zero-order chi connectivity index (χ0) is 14.2. The Morgan fingerprint density at radius 3 is 2.90 bits per heavy atom. The molecule has 21 heavy (non-hydrogen) atoms. The van der Waals surface area contributed by atoms with E-state index >= 15 is 0 Å². The zero-order valence-corrected chi connectivity index (χ0v) is 12.1. The fourth-order valence-electron chi connectivity index (χ4n) is 2.26. The number of rotatable bonds is 3. The minimum Gasteiger partial charge on any atom is -0.461 e. The van der Waals surface area contributed by atoms with E-state index in [4.69, 9.17) is 4.42 Å². The number of hydrogen-bond acceptors (Lipinski definition) is 5. The van der Waals surface area contributed by atoms with Gasteiger partial charge in [0.05, 0.1) is 6.26 Å². The number of furan rings is 1. The van der Waals surface area contributed by atoms with Gasteiger partial charge in [0.25, 0.3) is 0 Å². The quantitative estimate of drug-likeness (QED) is 0.625. The van der Waals surface area contributed by atoms with Crippen LogP contribution in [0.4, 0.5) is 5.82 Å². The van der Waals surface area contributed by atoms with E-state index in [2.05, 4.69) is 32.9 Å². The Morgan fingerprint density at radius 1 is 1.24 bits per heavy atom. The molecule has 4 aromatic heterocycles. The van der Waals surface area contributed by atoms with Crippen LogP contribution in [-0.2, 0) is 0 Å². The molecule has 104 valence electrons. The second-order valence-electron chi connectivity index (χ2n) is 4.54. The Bertz CT molecular complexity index is 878. The van der Waals surface area contributed by atoms with Crippen molar-refractivity contribution < 1.29 is 4.42 Å². The fraction of sp³-hybridized carbons (Fsp3) is 0.0667. The Kier molecular flexibility index (Phi) is 2.75. The summed E-state index contributed by atoms with van der Waals surface area (Å²) in [6.07, 6.45) is 1.62. The second kappa shape index (κ2) is 4.75. The summed E-state index contributed by atoms with van der Waals surface area (Å²) in [4.78, 5) is 5.76. The highest BCUT2D eigenvalue weighted by atomic mass is 32.1. The number of pyridine rings is 1. The van der Waals surface area contributed by atoms with Gasteiger partial charge in [0.1, 0.15) is 5.82 Å². The van der Waals surface area contributed by atoms with Gasteiger partial charge in [0.2, 0.25) is 5.82 Å². The van der Waals surface area contributed by atoms with Gasteiger partial charge in [-0.25, -0.2) is 4.98 Å². The molecule has 5 nitrogen and oxygen atoms in total. The SMILES string of the molecule is CNc1cc(-c2cccs2)cc2nc(-c3ccco3)nn12. The number of hydrogen-bond donors (Lipinski definition) is 1. The van der Waals surface area contributed by atoms with Gasteiger partial charge in [0, 0.05) is 11.9 Å². The van der Waals surface area contributed by atoms with Crippen molar-refractivity contribution in [2.45, 2.75) is 0 Å². The molecule has 0 atom stereocenters. The molecular weight excluding hydrogens is 284 g/mol. The fourth-order valence-corrected chi connectivity index (χ4v) is 2.97. The summed E-state index contributed by atoms with van der Waals surface area (Å²) in [5, 5.41) is 9.73. The molecule has 0 spiro atoms. The summed E-state index contributed by atoms with van der Waals surface area (Å²) < 4.78 is 7.16. The van der Waals surface area contributed by atoms with Crippen LogP contribution in [0.3, 0.4) is 0 Å². The molecule has 0 aliphatic carbocycles. The van der Waals surface area contributed by atoms with E-state index in [0.29, 0.717) is 11.6 Å². The minimum absolute atomic E-state index is 0.583. The smallest absolute Gasteiger partial charge is 0.217 e. The molecule has 6 heteroatoms. The normalized spacial score (nSPS) is 11.1. The van der Waals surface area contributed by atoms with E-state index in [0.717, 1.165) is 17.0 Å². The van der Waals surface area contributed by atoms with Gasteiger partial charge in [-0.3, -0.25) is 0 Å². The lowest BCUT2D eigenvalue weighted by atomic mass is 10.2. The molecule has 0 aromatic carbocycles. The van der Waals surface area contributed by atoms with E-state index in [9.17, 15) is 0 Å². The summed E-state index contributed by atoms with van der Waals surface area (Å²) in [5.74, 6) is 2.14. The maximum Gasteiger partial charge on any atom is 0.217 e. The van der Waals surface area contributed by atoms with Crippen LogP contribution in [0.5, 0.6) is 0 Å². The van der Waals surface area contributed by atoms with Crippen molar-refractivity contribution in [3.63, 3.8) is 0 Å². The number of thiophene rings is 1. The molecule has 4 heterocycles. The third-order valence-corrected chi connectivity index (χ3v) is 4.16. The molecule has 0 aliphatic heterocycles. The van der Waals surface area contributed by atoms with Gasteiger partial charge in [-0.1, -0.05) is 6.07 Å². The van der Waals surface area contributed by atoms with Crippen molar-refractivity contribution in [2.75, 3.05) is 12.4 Å². The van der Waals surface area contributed by atoms with Crippen molar-refractivity contribution >= 4 is 22.8 Å². The van der Waals surface area contributed by atoms with E-state index in [1.54, 1.807) is 22.1 Å². The molecule has 4 rings (SSSR count). The molecule has 1 N–H and O–H groups in total. The van der Waals surface area contributed by atoms with Crippen LogP contribution in [-0.4, -0.2) is 21.6 Å². The Labute approximate surface area is 124 Å². The molecule has 4 aromatic rings. The lowest BCUT2D eigenvalue weighted by Gasteiger charge is -2.05. The number of aromatic nitrogens is 3. The lowest BCUT2D eigenvalue weighted by molar-refractivity contribution is 0.577. The second-order valence-corrected chi connectivity index (χ2v) is 5.49. The molecule has 0 aliphatic rings. The maximum absolute atomic E-state index is 5.37. The first-order chi connectivity index (χ1) is 10.3. The maximum atomic E-state index is 5.37. The third-order valence-electron chi connectivity index (χ3n) is 3.24. The minimum atomic E-state index is 0.583. The van der Waals surface area contributed by atoms with Gasteiger partial charge < -0.3 is 9.73 Å². The summed E-state index contributed by atoms with van der Waals surface area (Å²) in [7, 11) is 1.88. The first kappa shape index (κ1) is 12.2. The predicted molar refractivity (Wildman–Crippen MR) is 83.5 cm³/mol. The molecule has 0 bridgehead atoms. The van der Waals surface area contributed by atoms with E-state index < -0.39 is 0 Å². The molecule has 0 radical (unpaired) electrons. The Morgan fingerprint density at radius 2 is 2.19 bits per heavy atom. The summed E-state index contributed by atoms with van der Waals surface area (Å²) in [6.45, 7) is 0. The van der Waals surface area contributed by atoms with Crippen LogP contribution in [0.15, 0.2) is 52.5 Å². The van der Waals surface area contributed by atoms with Crippen LogP contribution in [0.2, 0.25) is 0 Å². The average Bonchev–Trinajstić information content (AvgIpc) is 3.24. The lowest BCUT2D eigenvalue weighted by Crippen LogP contribution is -1.99. The van der Waals surface area contributed by atoms with Crippen LogP contribution in [0.1, 0.15) is 0 Å². The van der Waals surface area contributed by atoms with Gasteiger partial charge in [-0.15, -0.1) is 16.4 Å².